The summed E-state index contributed by atoms with van der Waals surface area (Å²) in [6, 6.07) is 7.33. The summed E-state index contributed by atoms with van der Waals surface area (Å²) in [7, 11) is 1.50. The summed E-state index contributed by atoms with van der Waals surface area (Å²) in [5.74, 6) is -2.51. The van der Waals surface area contributed by atoms with Gasteiger partial charge in [0, 0.05) is 51.3 Å². The molecule has 0 bridgehead atoms. The van der Waals surface area contributed by atoms with E-state index in [2.05, 4.69) is 15.3 Å². The molecule has 0 aliphatic carbocycles. The molecule has 1 N–H and O–H groups in total. The fraction of sp³-hybridized carbons (Fsp3) is 0.440. The topological polar surface area (TPSA) is 89.3 Å². The zero-order valence-electron chi connectivity index (χ0n) is 20.2. The van der Waals surface area contributed by atoms with Crippen LogP contribution in [0.4, 0.5) is 14.7 Å². The fourth-order valence-electron chi connectivity index (χ4n) is 4.18. The number of nitrogens with zero attached hydrogens (tertiary/aromatic N) is 4. The lowest BCUT2D eigenvalue weighted by Gasteiger charge is -2.31. The number of hydrogen-bond donors (Lipinski definition) is 1. The maximum Gasteiger partial charge on any atom is 0.293 e. The summed E-state index contributed by atoms with van der Waals surface area (Å²) < 4.78 is 34.3. The van der Waals surface area contributed by atoms with Gasteiger partial charge in [0.2, 0.25) is 5.95 Å². The van der Waals surface area contributed by atoms with E-state index in [1.807, 2.05) is 25.1 Å². The van der Waals surface area contributed by atoms with Crippen LogP contribution in [0.25, 0.3) is 10.9 Å². The molecule has 0 saturated carbocycles. The van der Waals surface area contributed by atoms with E-state index in [0.29, 0.717) is 29.6 Å². The number of aryl methyl sites for hydroxylation is 1. The minimum Gasteiger partial charge on any atom is -0.478 e. The number of nitrogens with one attached hydrogen (secondary N) is 1. The van der Waals surface area contributed by atoms with Crippen LogP contribution in [-0.4, -0.2) is 53.1 Å². The second kappa shape index (κ2) is 10.8. The zero-order chi connectivity index (χ0) is 25.9. The average Bonchev–Trinajstić information content (AvgIpc) is 2.86. The molecule has 0 radical (unpaired) electrons. The number of rotatable bonds is 8. The van der Waals surface area contributed by atoms with Gasteiger partial charge in [0.1, 0.15) is 0 Å². The molecule has 0 unspecified atom stereocenters. The first-order valence-corrected chi connectivity index (χ1v) is 12.2. The number of benzene rings is 1. The summed E-state index contributed by atoms with van der Waals surface area (Å²) in [6.45, 7) is 2.57. The van der Waals surface area contributed by atoms with Crippen molar-refractivity contribution in [1.29, 1.82) is 0 Å². The van der Waals surface area contributed by atoms with Gasteiger partial charge >= 0.3 is 0 Å². The van der Waals surface area contributed by atoms with E-state index in [-0.39, 0.29) is 49.8 Å². The first-order chi connectivity index (χ1) is 17.2. The molecule has 1 saturated heterocycles. The number of halogens is 3. The molecule has 8 nitrogen and oxygen atoms in total. The Balaban J connectivity index is 1.64. The van der Waals surface area contributed by atoms with Crippen molar-refractivity contribution >= 4 is 34.4 Å². The van der Waals surface area contributed by atoms with E-state index >= 15 is 0 Å². The van der Waals surface area contributed by atoms with Gasteiger partial charge in [0.15, 0.2) is 12.4 Å². The number of carbonyl (C=O) groups excluding carboxylic acids is 1. The Morgan fingerprint density at radius 2 is 2.00 bits per heavy atom. The summed E-state index contributed by atoms with van der Waals surface area (Å²) >= 11 is 6.38. The highest BCUT2D eigenvalue weighted by Gasteiger charge is 2.34. The van der Waals surface area contributed by atoms with E-state index in [1.165, 1.54) is 13.2 Å². The Hall–Kier alpha value is -3.27. The molecule has 1 fully saturated rings. The second-order valence-electron chi connectivity index (χ2n) is 8.80. The third kappa shape index (κ3) is 5.75. The normalized spacial score (nSPS) is 15.2. The minimum absolute atomic E-state index is 0.0981. The van der Waals surface area contributed by atoms with Crippen LogP contribution in [0, 0.1) is 0 Å². The number of pyridine rings is 1. The lowest BCUT2D eigenvalue weighted by atomic mass is 10.1. The van der Waals surface area contributed by atoms with Crippen molar-refractivity contribution in [3.8, 4) is 5.75 Å². The second-order valence-corrected chi connectivity index (χ2v) is 9.21. The Labute approximate surface area is 212 Å². The number of carbonyl (C=O) groups is 1. The molecule has 2 aromatic heterocycles. The first kappa shape index (κ1) is 25.8. The van der Waals surface area contributed by atoms with E-state index in [9.17, 15) is 18.4 Å². The van der Waals surface area contributed by atoms with Gasteiger partial charge < -0.3 is 19.5 Å². The van der Waals surface area contributed by atoms with Gasteiger partial charge in [-0.1, -0.05) is 24.6 Å². The highest BCUT2D eigenvalue weighted by Crippen LogP contribution is 2.30. The number of anilines is 1. The van der Waals surface area contributed by atoms with Crippen molar-refractivity contribution in [1.82, 2.24) is 19.9 Å². The molecular weight excluding hydrogens is 492 g/mol. The molecule has 36 heavy (non-hydrogen) atoms. The van der Waals surface area contributed by atoms with Crippen LogP contribution in [-0.2, 0) is 17.8 Å². The zero-order valence-corrected chi connectivity index (χ0v) is 20.9. The van der Waals surface area contributed by atoms with Gasteiger partial charge in [-0.2, -0.15) is 0 Å². The third-order valence-electron chi connectivity index (χ3n) is 6.16. The summed E-state index contributed by atoms with van der Waals surface area (Å²) in [6.07, 6.45) is 2.16. The summed E-state index contributed by atoms with van der Waals surface area (Å²) in [5, 5.41) is 3.62. The number of likely N-dealkylation sites (N-methyl/N-ethyl adjacent to an activating group) is 1. The van der Waals surface area contributed by atoms with Crippen LogP contribution < -0.4 is 20.5 Å². The fourth-order valence-corrected chi connectivity index (χ4v) is 4.34. The number of fused-ring (bicyclic) bond motifs is 1. The number of hydrogen-bond acceptors (Lipinski definition) is 6. The first-order valence-electron chi connectivity index (χ1n) is 11.8. The van der Waals surface area contributed by atoms with E-state index in [0.717, 1.165) is 22.9 Å². The van der Waals surface area contributed by atoms with Crippen LogP contribution in [0.5, 0.6) is 5.75 Å². The van der Waals surface area contributed by atoms with Crippen molar-refractivity contribution in [2.45, 2.75) is 45.1 Å². The third-order valence-corrected chi connectivity index (χ3v) is 6.48. The average molecular weight is 520 g/mol. The van der Waals surface area contributed by atoms with Crippen molar-refractivity contribution in [3.63, 3.8) is 0 Å². The van der Waals surface area contributed by atoms with Crippen molar-refractivity contribution < 1.29 is 18.3 Å². The Morgan fingerprint density at radius 3 is 2.69 bits per heavy atom. The predicted molar refractivity (Wildman–Crippen MR) is 134 cm³/mol. The molecule has 1 aliphatic rings. The highest BCUT2D eigenvalue weighted by molar-refractivity contribution is 6.31. The van der Waals surface area contributed by atoms with Crippen LogP contribution in [0.2, 0.25) is 5.02 Å². The molecule has 1 aliphatic heterocycles. The van der Waals surface area contributed by atoms with Crippen LogP contribution >= 0.6 is 11.6 Å². The van der Waals surface area contributed by atoms with Gasteiger partial charge in [-0.3, -0.25) is 9.59 Å². The van der Waals surface area contributed by atoms with E-state index < -0.39 is 5.92 Å². The SMILES string of the molecule is CCCn1c(=O)c(OCC(=O)NC)cc2cc(Cc3nc(N4CCC(F)(F)CC4)ncc3Cl)ccc21. The molecule has 192 valence electrons. The van der Waals surface area contributed by atoms with E-state index in [4.69, 9.17) is 16.3 Å². The monoisotopic (exact) mass is 519 g/mol. The molecular formula is C25H28ClF2N5O3. The molecule has 3 heterocycles. The Kier molecular flexibility index (Phi) is 7.73. The smallest absolute Gasteiger partial charge is 0.293 e. The molecule has 4 rings (SSSR count). The molecule has 3 aromatic rings. The lowest BCUT2D eigenvalue weighted by molar-refractivity contribution is -0.122. The molecule has 0 spiro atoms. The van der Waals surface area contributed by atoms with Crippen LogP contribution in [0.15, 0.2) is 35.3 Å². The maximum atomic E-state index is 13.5. The quantitative estimate of drug-likeness (QED) is 0.487. The molecule has 1 aromatic carbocycles. The standard InChI is InChI=1S/C25H28ClF2N5O3/c1-3-8-33-20-5-4-16(11-17(20)13-21(23(33)35)36-15-22(34)29-2)12-19-18(26)14-30-24(31-19)32-9-6-25(27,28)7-10-32/h4-5,11,13-14H,3,6-10,12,15H2,1-2H3,(H,29,34). The van der Waals surface area contributed by atoms with Crippen molar-refractivity contribution in [3.05, 3.63) is 57.1 Å². The molecule has 1 amide bonds. The van der Waals surface area contributed by atoms with Gasteiger partial charge in [0.05, 0.1) is 22.4 Å². The summed E-state index contributed by atoms with van der Waals surface area (Å²) in [5.41, 5.74) is 1.92. The van der Waals surface area contributed by atoms with Crippen LogP contribution in [0.1, 0.15) is 37.4 Å². The van der Waals surface area contributed by atoms with Gasteiger partial charge in [-0.15, -0.1) is 0 Å². The van der Waals surface area contributed by atoms with E-state index in [1.54, 1.807) is 15.5 Å². The number of amides is 1. The van der Waals surface area contributed by atoms with Crippen molar-refractivity contribution in [2.24, 2.45) is 0 Å². The predicted octanol–water partition coefficient (Wildman–Crippen LogP) is 3.81. The largest absolute Gasteiger partial charge is 0.478 e. The van der Waals surface area contributed by atoms with Gasteiger partial charge in [-0.05, 0) is 30.2 Å². The maximum absolute atomic E-state index is 13.5. The number of ether oxygens (including phenoxy) is 1. The van der Waals surface area contributed by atoms with Gasteiger partial charge in [0.25, 0.3) is 17.4 Å². The van der Waals surface area contributed by atoms with Gasteiger partial charge in [-0.25, -0.2) is 18.7 Å². The molecule has 0 atom stereocenters. The number of alkyl halides is 2. The highest BCUT2D eigenvalue weighted by atomic mass is 35.5. The summed E-state index contributed by atoms with van der Waals surface area (Å²) in [4.78, 5) is 35.1. The van der Waals surface area contributed by atoms with Crippen molar-refractivity contribution in [2.75, 3.05) is 31.6 Å². The molecule has 11 heteroatoms. The Bertz CT molecular complexity index is 1320. The number of aromatic nitrogens is 3. The van der Waals surface area contributed by atoms with Crippen LogP contribution in [0.3, 0.4) is 0 Å². The Morgan fingerprint density at radius 1 is 1.25 bits per heavy atom. The lowest BCUT2D eigenvalue weighted by Crippen LogP contribution is -2.40. The number of piperidine rings is 1. The minimum atomic E-state index is -2.65.